The highest BCUT2D eigenvalue weighted by atomic mass is 16.2. The summed E-state index contributed by atoms with van der Waals surface area (Å²) < 4.78 is 2.36. The fraction of sp³-hybridized carbons (Fsp3) is 0.786. The van der Waals surface area contributed by atoms with Crippen molar-refractivity contribution in [3.05, 3.63) is 20.8 Å². The maximum absolute atomic E-state index is 12.3. The molecule has 0 saturated carbocycles. The predicted molar refractivity (Wildman–Crippen MR) is 82.8 cm³/mol. The van der Waals surface area contributed by atoms with Gasteiger partial charge >= 0.3 is 5.69 Å². The third kappa shape index (κ3) is 3.53. The Hall–Kier alpha value is -1.63. The Kier molecular flexibility index (Phi) is 5.17. The molecule has 21 heavy (non-hydrogen) atoms. The second-order valence-electron chi connectivity index (χ2n) is 5.75. The standard InChI is InChI=1S/C14H25N5O2/c1-4-8-19(10-11-6-5-7-15-9-11)12-13(20)17(2)14(21)18(3)16-12/h11,15H,4-10H2,1-3H3. The van der Waals surface area contributed by atoms with Crippen LogP contribution < -0.4 is 21.5 Å². The van der Waals surface area contributed by atoms with Crippen LogP contribution in [0.25, 0.3) is 0 Å². The van der Waals surface area contributed by atoms with E-state index in [-0.39, 0.29) is 11.2 Å². The van der Waals surface area contributed by atoms with Crippen molar-refractivity contribution in [2.75, 3.05) is 31.1 Å². The Morgan fingerprint density at radius 3 is 2.76 bits per heavy atom. The lowest BCUT2D eigenvalue weighted by Crippen LogP contribution is -2.46. The SMILES string of the molecule is CCCN(CC1CCCNC1)c1nn(C)c(=O)n(C)c1=O. The van der Waals surface area contributed by atoms with Gasteiger partial charge in [0.2, 0.25) is 5.82 Å². The van der Waals surface area contributed by atoms with E-state index in [2.05, 4.69) is 17.3 Å². The summed E-state index contributed by atoms with van der Waals surface area (Å²) >= 11 is 0. The zero-order valence-corrected chi connectivity index (χ0v) is 13.1. The quantitative estimate of drug-likeness (QED) is 0.807. The first kappa shape index (κ1) is 15.8. The first-order chi connectivity index (χ1) is 10.0. The Bertz CT molecular complexity index is 586. The molecule has 1 saturated heterocycles. The molecule has 0 aliphatic carbocycles. The third-order valence-electron chi connectivity index (χ3n) is 3.97. The number of aryl methyl sites for hydroxylation is 1. The van der Waals surface area contributed by atoms with Gasteiger partial charge < -0.3 is 10.2 Å². The molecule has 1 aromatic heterocycles. The lowest BCUT2D eigenvalue weighted by atomic mass is 9.99. The van der Waals surface area contributed by atoms with E-state index in [1.165, 1.54) is 24.6 Å². The predicted octanol–water partition coefficient (Wildman–Crippen LogP) is -0.305. The molecule has 2 heterocycles. The smallest absolute Gasteiger partial charge is 0.346 e. The molecule has 1 aromatic rings. The summed E-state index contributed by atoms with van der Waals surface area (Å²) in [6.45, 7) is 5.72. The molecule has 1 atom stereocenters. The Morgan fingerprint density at radius 2 is 2.14 bits per heavy atom. The molecule has 7 nitrogen and oxygen atoms in total. The highest BCUT2D eigenvalue weighted by Gasteiger charge is 2.21. The van der Waals surface area contributed by atoms with Crippen LogP contribution in [0.1, 0.15) is 26.2 Å². The van der Waals surface area contributed by atoms with Crippen molar-refractivity contribution < 1.29 is 0 Å². The van der Waals surface area contributed by atoms with Gasteiger partial charge in [-0.15, -0.1) is 5.10 Å². The van der Waals surface area contributed by atoms with Gasteiger partial charge in [-0.25, -0.2) is 9.48 Å². The summed E-state index contributed by atoms with van der Waals surface area (Å²) in [5.41, 5.74) is -0.699. The third-order valence-corrected chi connectivity index (χ3v) is 3.97. The molecule has 0 bridgehead atoms. The molecule has 1 fully saturated rings. The number of aromatic nitrogens is 3. The monoisotopic (exact) mass is 295 g/mol. The first-order valence-electron chi connectivity index (χ1n) is 7.64. The number of nitrogens with zero attached hydrogens (tertiary/aromatic N) is 4. The Labute approximate surface area is 124 Å². The van der Waals surface area contributed by atoms with Crippen molar-refractivity contribution in [3.8, 4) is 0 Å². The highest BCUT2D eigenvalue weighted by molar-refractivity contribution is 5.34. The summed E-state index contributed by atoms with van der Waals surface area (Å²) in [4.78, 5) is 26.1. The van der Waals surface area contributed by atoms with E-state index in [0.29, 0.717) is 11.7 Å². The average Bonchev–Trinajstić information content (AvgIpc) is 2.49. The van der Waals surface area contributed by atoms with Gasteiger partial charge in [0.15, 0.2) is 0 Å². The van der Waals surface area contributed by atoms with Crippen LogP contribution in [-0.2, 0) is 14.1 Å². The maximum Gasteiger partial charge on any atom is 0.346 e. The van der Waals surface area contributed by atoms with Crippen LogP contribution in [0.4, 0.5) is 5.82 Å². The summed E-state index contributed by atoms with van der Waals surface area (Å²) in [7, 11) is 3.08. The molecule has 1 N–H and O–H groups in total. The molecular formula is C14H25N5O2. The van der Waals surface area contributed by atoms with E-state index in [4.69, 9.17) is 0 Å². The van der Waals surface area contributed by atoms with Crippen LogP contribution in [0.3, 0.4) is 0 Å². The first-order valence-corrected chi connectivity index (χ1v) is 7.64. The minimum atomic E-state index is -0.389. The number of nitrogens with one attached hydrogen (secondary N) is 1. The molecule has 0 spiro atoms. The normalized spacial score (nSPS) is 18.7. The van der Waals surface area contributed by atoms with Gasteiger partial charge in [-0.1, -0.05) is 6.92 Å². The Balaban J connectivity index is 2.29. The number of hydrogen-bond donors (Lipinski definition) is 1. The second kappa shape index (κ2) is 6.89. The van der Waals surface area contributed by atoms with Gasteiger partial charge in [-0.3, -0.25) is 9.36 Å². The van der Waals surface area contributed by atoms with Crippen molar-refractivity contribution in [1.29, 1.82) is 0 Å². The van der Waals surface area contributed by atoms with Crippen molar-refractivity contribution >= 4 is 5.82 Å². The second-order valence-corrected chi connectivity index (χ2v) is 5.75. The molecular weight excluding hydrogens is 270 g/mol. The zero-order chi connectivity index (χ0) is 15.4. The van der Waals surface area contributed by atoms with Crippen molar-refractivity contribution in [2.45, 2.75) is 26.2 Å². The molecule has 0 aromatic carbocycles. The van der Waals surface area contributed by atoms with Crippen molar-refractivity contribution in [3.63, 3.8) is 0 Å². The minimum absolute atomic E-state index is 0.310. The molecule has 118 valence electrons. The average molecular weight is 295 g/mol. The number of hydrogen-bond acceptors (Lipinski definition) is 5. The van der Waals surface area contributed by atoms with Crippen LogP contribution in [0, 0.1) is 5.92 Å². The fourth-order valence-corrected chi connectivity index (χ4v) is 2.83. The van der Waals surface area contributed by atoms with Gasteiger partial charge in [0, 0.05) is 27.2 Å². The Morgan fingerprint density at radius 1 is 1.38 bits per heavy atom. The van der Waals surface area contributed by atoms with E-state index in [9.17, 15) is 9.59 Å². The van der Waals surface area contributed by atoms with E-state index in [0.717, 1.165) is 37.2 Å². The van der Waals surface area contributed by atoms with E-state index in [1.807, 2.05) is 4.90 Å². The molecule has 2 rings (SSSR count). The van der Waals surface area contributed by atoms with Crippen molar-refractivity contribution in [1.82, 2.24) is 19.7 Å². The summed E-state index contributed by atoms with van der Waals surface area (Å²) in [6.07, 6.45) is 3.27. The van der Waals surface area contributed by atoms with E-state index < -0.39 is 0 Å². The highest BCUT2D eigenvalue weighted by Crippen LogP contribution is 2.14. The summed E-state index contributed by atoms with van der Waals surface area (Å²) in [5.74, 6) is 0.904. The molecule has 1 unspecified atom stereocenters. The van der Waals surface area contributed by atoms with Gasteiger partial charge in [-0.05, 0) is 38.3 Å². The van der Waals surface area contributed by atoms with Crippen LogP contribution in [0.15, 0.2) is 9.59 Å². The molecule has 1 aliphatic rings. The number of anilines is 1. The zero-order valence-electron chi connectivity index (χ0n) is 13.1. The molecule has 0 radical (unpaired) electrons. The number of rotatable bonds is 5. The van der Waals surface area contributed by atoms with Gasteiger partial charge in [0.05, 0.1) is 0 Å². The van der Waals surface area contributed by atoms with Gasteiger partial charge in [-0.2, -0.15) is 0 Å². The molecule has 0 amide bonds. The van der Waals surface area contributed by atoms with E-state index >= 15 is 0 Å². The fourth-order valence-electron chi connectivity index (χ4n) is 2.83. The molecule has 1 aliphatic heterocycles. The van der Waals surface area contributed by atoms with Crippen LogP contribution in [-0.4, -0.2) is 40.5 Å². The minimum Gasteiger partial charge on any atom is -0.350 e. The van der Waals surface area contributed by atoms with Crippen molar-refractivity contribution in [2.24, 2.45) is 20.0 Å². The number of piperidine rings is 1. The lowest BCUT2D eigenvalue weighted by Gasteiger charge is -2.30. The summed E-state index contributed by atoms with van der Waals surface area (Å²) in [5, 5.41) is 7.59. The van der Waals surface area contributed by atoms with Gasteiger partial charge in [0.1, 0.15) is 0 Å². The topological polar surface area (TPSA) is 72.2 Å². The van der Waals surface area contributed by atoms with E-state index in [1.54, 1.807) is 7.05 Å². The maximum atomic E-state index is 12.3. The largest absolute Gasteiger partial charge is 0.350 e. The van der Waals surface area contributed by atoms with Crippen LogP contribution in [0.5, 0.6) is 0 Å². The lowest BCUT2D eigenvalue weighted by molar-refractivity contribution is 0.374. The van der Waals surface area contributed by atoms with Crippen LogP contribution >= 0.6 is 0 Å². The van der Waals surface area contributed by atoms with Crippen LogP contribution in [0.2, 0.25) is 0 Å². The summed E-state index contributed by atoms with van der Waals surface area (Å²) in [6, 6.07) is 0. The molecule has 7 heteroatoms. The van der Waals surface area contributed by atoms with Gasteiger partial charge in [0.25, 0.3) is 5.56 Å².